The second kappa shape index (κ2) is 1.63. The van der Waals surface area contributed by atoms with Gasteiger partial charge in [0.1, 0.15) is 0 Å². The van der Waals surface area contributed by atoms with Gasteiger partial charge >= 0.3 is 55.6 Å². The van der Waals surface area contributed by atoms with E-state index in [2.05, 4.69) is 32.6 Å². The van der Waals surface area contributed by atoms with E-state index in [0.29, 0.717) is 4.25 Å². The predicted octanol–water partition coefficient (Wildman–Crippen LogP) is 2.05. The fourth-order valence-electron chi connectivity index (χ4n) is 1.15. The normalized spacial score (nSPS) is 27.5. The van der Waals surface area contributed by atoms with Gasteiger partial charge < -0.3 is 0 Å². The standard InChI is InChI=1S/C7H14Ge/c1-6-5-8(6)7(2,3)4/h5,8H,1-4H3. The van der Waals surface area contributed by atoms with Crippen LogP contribution in [0.15, 0.2) is 9.31 Å². The molecule has 0 bridgehead atoms. The van der Waals surface area contributed by atoms with Crippen LogP contribution in [0.1, 0.15) is 27.7 Å². The minimum atomic E-state index is -0.838. The summed E-state index contributed by atoms with van der Waals surface area (Å²) >= 11 is -0.838. The zero-order valence-electron chi connectivity index (χ0n) is 6.15. The number of allylic oxidation sites excluding steroid dienone is 1. The van der Waals surface area contributed by atoms with E-state index in [9.17, 15) is 0 Å². The molecule has 1 unspecified atom stereocenters. The van der Waals surface area contributed by atoms with Gasteiger partial charge in [0.2, 0.25) is 0 Å². The molecule has 0 aliphatic carbocycles. The van der Waals surface area contributed by atoms with Crippen LogP contribution in [-0.2, 0) is 0 Å². The summed E-state index contributed by atoms with van der Waals surface area (Å²) in [5.74, 6) is 0. The molecule has 0 saturated carbocycles. The third-order valence-corrected chi connectivity index (χ3v) is 9.06. The average molecular weight is 171 g/mol. The molecule has 0 N–H and O–H groups in total. The van der Waals surface area contributed by atoms with Crippen LogP contribution in [0.25, 0.3) is 0 Å². The molecule has 1 heteroatoms. The summed E-state index contributed by atoms with van der Waals surface area (Å²) in [6, 6.07) is 0. The molecule has 1 aliphatic rings. The van der Waals surface area contributed by atoms with Crippen molar-refractivity contribution in [1.29, 1.82) is 0 Å². The first kappa shape index (κ1) is 6.40. The van der Waals surface area contributed by atoms with Crippen LogP contribution in [0.2, 0.25) is 4.25 Å². The number of rotatable bonds is 0. The molecule has 1 rings (SSSR count). The Bertz CT molecular complexity index is 128. The number of hydrogen-bond acceptors (Lipinski definition) is 0. The Morgan fingerprint density at radius 3 is 1.75 bits per heavy atom. The van der Waals surface area contributed by atoms with Gasteiger partial charge in [0, 0.05) is 0 Å². The monoisotopic (exact) mass is 172 g/mol. The minimum absolute atomic E-state index is 0.678. The van der Waals surface area contributed by atoms with Gasteiger partial charge in [0.15, 0.2) is 0 Å². The van der Waals surface area contributed by atoms with Crippen molar-refractivity contribution in [3.8, 4) is 0 Å². The van der Waals surface area contributed by atoms with E-state index in [1.165, 1.54) is 0 Å². The van der Waals surface area contributed by atoms with E-state index in [1.54, 1.807) is 4.41 Å². The molecule has 8 heavy (non-hydrogen) atoms. The van der Waals surface area contributed by atoms with E-state index in [-0.39, 0.29) is 0 Å². The van der Waals surface area contributed by atoms with Crippen LogP contribution in [0.5, 0.6) is 0 Å². The Kier molecular flexibility index (Phi) is 1.30. The van der Waals surface area contributed by atoms with Crippen LogP contribution in [0.4, 0.5) is 0 Å². The van der Waals surface area contributed by atoms with Crippen molar-refractivity contribution in [2.45, 2.75) is 31.9 Å². The van der Waals surface area contributed by atoms with Crippen molar-refractivity contribution in [1.82, 2.24) is 0 Å². The molecule has 0 amide bonds. The summed E-state index contributed by atoms with van der Waals surface area (Å²) in [5.41, 5.74) is 0. The predicted molar refractivity (Wildman–Crippen MR) is 40.6 cm³/mol. The van der Waals surface area contributed by atoms with Gasteiger partial charge in [-0.3, -0.25) is 0 Å². The van der Waals surface area contributed by atoms with Gasteiger partial charge in [0.05, 0.1) is 0 Å². The first-order valence-corrected chi connectivity index (χ1v) is 7.02. The number of hydrogen-bond donors (Lipinski definition) is 0. The molecule has 46 valence electrons. The molecule has 0 aromatic heterocycles. The quantitative estimate of drug-likeness (QED) is 0.489. The maximum absolute atomic E-state index is 2.52. The Balaban J connectivity index is 2.43. The molecule has 1 aliphatic heterocycles. The molecule has 0 radical (unpaired) electrons. The van der Waals surface area contributed by atoms with Crippen molar-refractivity contribution < 1.29 is 0 Å². The van der Waals surface area contributed by atoms with Crippen LogP contribution < -0.4 is 0 Å². The van der Waals surface area contributed by atoms with E-state index in [1.807, 2.05) is 0 Å². The summed E-state index contributed by atoms with van der Waals surface area (Å²) in [4.78, 5) is 2.52. The van der Waals surface area contributed by atoms with Crippen LogP contribution in [0, 0.1) is 0 Å². The third-order valence-electron chi connectivity index (χ3n) is 1.74. The summed E-state index contributed by atoms with van der Waals surface area (Å²) in [6.07, 6.45) is 0. The summed E-state index contributed by atoms with van der Waals surface area (Å²) in [7, 11) is 0. The van der Waals surface area contributed by atoms with Crippen LogP contribution in [-0.4, -0.2) is 14.3 Å². The summed E-state index contributed by atoms with van der Waals surface area (Å²) < 4.78 is 2.43. The average Bonchev–Trinajstić information content (AvgIpc) is 2.13. The molecular weight excluding hydrogens is 157 g/mol. The van der Waals surface area contributed by atoms with Crippen molar-refractivity contribution in [3.63, 3.8) is 0 Å². The van der Waals surface area contributed by atoms with E-state index in [0.717, 1.165) is 0 Å². The molecule has 1 heterocycles. The van der Waals surface area contributed by atoms with Gasteiger partial charge in [-0.1, -0.05) is 0 Å². The van der Waals surface area contributed by atoms with E-state index >= 15 is 0 Å². The van der Waals surface area contributed by atoms with Gasteiger partial charge in [0.25, 0.3) is 0 Å². The summed E-state index contributed by atoms with van der Waals surface area (Å²) in [6.45, 7) is 9.38. The molecule has 0 spiro atoms. The Morgan fingerprint density at radius 1 is 1.38 bits per heavy atom. The van der Waals surface area contributed by atoms with Gasteiger partial charge in [-0.2, -0.15) is 0 Å². The topological polar surface area (TPSA) is 0 Å². The zero-order valence-corrected chi connectivity index (χ0v) is 8.58. The molecule has 0 fully saturated rings. The Hall–Kier alpha value is 0.283. The van der Waals surface area contributed by atoms with Crippen molar-refractivity contribution >= 4 is 14.3 Å². The van der Waals surface area contributed by atoms with Crippen molar-refractivity contribution in [2.75, 3.05) is 0 Å². The second-order valence-electron chi connectivity index (χ2n) is 3.75. The Labute approximate surface area is 56.1 Å². The molecule has 0 nitrogen and oxygen atoms in total. The molecule has 1 atom stereocenters. The van der Waals surface area contributed by atoms with Crippen molar-refractivity contribution in [3.05, 3.63) is 9.31 Å². The third kappa shape index (κ3) is 1.16. The maximum atomic E-state index is 2.52. The Morgan fingerprint density at radius 2 is 1.75 bits per heavy atom. The van der Waals surface area contributed by atoms with Crippen LogP contribution in [0.3, 0.4) is 0 Å². The SMILES string of the molecule is C[C]1=[CH][GeH]1[C](C)(C)C. The molecule has 0 saturated heterocycles. The van der Waals surface area contributed by atoms with Crippen LogP contribution >= 0.6 is 0 Å². The fourth-order valence-corrected chi connectivity index (χ4v) is 7.01. The van der Waals surface area contributed by atoms with Gasteiger partial charge in [-0.05, 0) is 0 Å². The van der Waals surface area contributed by atoms with E-state index < -0.39 is 14.3 Å². The van der Waals surface area contributed by atoms with E-state index in [4.69, 9.17) is 0 Å². The first-order valence-electron chi connectivity index (χ1n) is 3.20. The van der Waals surface area contributed by atoms with Gasteiger partial charge in [-0.15, -0.1) is 0 Å². The van der Waals surface area contributed by atoms with Gasteiger partial charge in [-0.25, -0.2) is 0 Å². The molecular formula is C7H14Ge. The zero-order chi connectivity index (χ0) is 6.36. The summed E-state index contributed by atoms with van der Waals surface area (Å²) in [5, 5.41) is 0. The molecule has 0 aromatic rings. The first-order chi connectivity index (χ1) is 3.52. The second-order valence-corrected chi connectivity index (χ2v) is 12.0. The fraction of sp³-hybridized carbons (Fsp3) is 0.714. The molecule has 0 aromatic carbocycles. The van der Waals surface area contributed by atoms with Crippen molar-refractivity contribution in [2.24, 2.45) is 0 Å².